The summed E-state index contributed by atoms with van der Waals surface area (Å²) >= 11 is 0. The molecule has 28 heavy (non-hydrogen) atoms. The van der Waals surface area contributed by atoms with Crippen LogP contribution in [0.5, 0.6) is 11.5 Å². The molecular formula is C19H24N2O6S. The number of ether oxygens (including phenoxy) is 2. The van der Waals surface area contributed by atoms with Gasteiger partial charge in [0.05, 0.1) is 19.0 Å². The highest BCUT2D eigenvalue weighted by Gasteiger charge is 2.19. The average Bonchev–Trinajstić information content (AvgIpc) is 2.62. The van der Waals surface area contributed by atoms with Crippen LogP contribution in [0.15, 0.2) is 41.3 Å². The number of sulfone groups is 1. The summed E-state index contributed by atoms with van der Waals surface area (Å²) in [6.07, 6.45) is 2.09. The zero-order valence-electron chi connectivity index (χ0n) is 15.9. The van der Waals surface area contributed by atoms with Crippen LogP contribution in [0.2, 0.25) is 0 Å². The highest BCUT2D eigenvalue weighted by atomic mass is 32.2. The summed E-state index contributed by atoms with van der Waals surface area (Å²) in [6.45, 7) is 4.69. The Kier molecular flexibility index (Phi) is 7.62. The van der Waals surface area contributed by atoms with Gasteiger partial charge in [0.1, 0.15) is 11.5 Å². The summed E-state index contributed by atoms with van der Waals surface area (Å²) < 4.78 is 35.1. The lowest BCUT2D eigenvalue weighted by atomic mass is 10.3. The minimum absolute atomic E-state index is 0.135. The zero-order valence-corrected chi connectivity index (χ0v) is 16.7. The molecule has 0 fully saturated rings. The number of hydrogen-bond acceptors (Lipinski definition) is 6. The third-order valence-electron chi connectivity index (χ3n) is 3.57. The van der Waals surface area contributed by atoms with Gasteiger partial charge >= 0.3 is 0 Å². The molecule has 1 heterocycles. The van der Waals surface area contributed by atoms with E-state index in [9.17, 15) is 18.0 Å². The molecule has 1 amide bonds. The van der Waals surface area contributed by atoms with Gasteiger partial charge in [-0.05, 0) is 37.6 Å². The average molecular weight is 408 g/mol. The SMILES string of the molecule is CCCOc1c[nH]c(CS(=O)(=O)CC(=O)Nc2ccc(OCC)cc2)cc1=O. The molecular weight excluding hydrogens is 384 g/mol. The molecule has 2 rings (SSSR count). The molecule has 2 N–H and O–H groups in total. The van der Waals surface area contributed by atoms with Gasteiger partial charge in [0.2, 0.25) is 11.3 Å². The lowest BCUT2D eigenvalue weighted by Crippen LogP contribution is -2.24. The standard InChI is InChI=1S/C19H24N2O6S/c1-3-9-27-18-11-20-15(10-17(18)22)12-28(24,25)13-19(23)21-14-5-7-16(8-6-14)26-4-2/h5-8,10-11H,3-4,9,12-13H2,1-2H3,(H,20,22)(H,21,23). The largest absolute Gasteiger partial charge is 0.494 e. The fourth-order valence-corrected chi connectivity index (χ4v) is 3.61. The summed E-state index contributed by atoms with van der Waals surface area (Å²) in [6, 6.07) is 7.79. The Bertz CT molecular complexity index is 951. The first-order chi connectivity index (χ1) is 13.3. The van der Waals surface area contributed by atoms with E-state index < -0.39 is 32.7 Å². The molecule has 152 valence electrons. The third-order valence-corrected chi connectivity index (χ3v) is 5.03. The van der Waals surface area contributed by atoms with Crippen LogP contribution in [0.1, 0.15) is 26.0 Å². The van der Waals surface area contributed by atoms with Crippen LogP contribution in [0.3, 0.4) is 0 Å². The number of anilines is 1. The summed E-state index contributed by atoms with van der Waals surface area (Å²) in [7, 11) is -3.76. The van der Waals surface area contributed by atoms with Crippen LogP contribution in [0.25, 0.3) is 0 Å². The lowest BCUT2D eigenvalue weighted by molar-refractivity contribution is -0.113. The molecule has 0 bridgehead atoms. The molecule has 9 heteroatoms. The topological polar surface area (TPSA) is 115 Å². The summed E-state index contributed by atoms with van der Waals surface area (Å²) in [5.74, 6) is -1.02. The number of amides is 1. The van der Waals surface area contributed by atoms with Gasteiger partial charge in [-0.3, -0.25) is 9.59 Å². The molecule has 0 saturated carbocycles. The Balaban J connectivity index is 1.96. The van der Waals surface area contributed by atoms with Crippen molar-refractivity contribution in [2.24, 2.45) is 0 Å². The van der Waals surface area contributed by atoms with Gasteiger partial charge in [-0.2, -0.15) is 0 Å². The molecule has 0 atom stereocenters. The van der Waals surface area contributed by atoms with E-state index >= 15 is 0 Å². The van der Waals surface area contributed by atoms with Gasteiger partial charge in [-0.15, -0.1) is 0 Å². The highest BCUT2D eigenvalue weighted by Crippen LogP contribution is 2.16. The first kappa shape index (κ1) is 21.5. The van der Waals surface area contributed by atoms with E-state index in [0.29, 0.717) is 24.7 Å². The number of hydrogen-bond donors (Lipinski definition) is 2. The second kappa shape index (κ2) is 9.93. The fourth-order valence-electron chi connectivity index (χ4n) is 2.39. The van der Waals surface area contributed by atoms with Crippen molar-refractivity contribution in [1.29, 1.82) is 0 Å². The predicted octanol–water partition coefficient (Wildman–Crippen LogP) is 2.12. The first-order valence-electron chi connectivity index (χ1n) is 8.90. The molecule has 1 aromatic carbocycles. The maximum atomic E-state index is 12.3. The van der Waals surface area contributed by atoms with Crippen molar-refractivity contribution in [3.63, 3.8) is 0 Å². The monoisotopic (exact) mass is 408 g/mol. The predicted molar refractivity (Wildman–Crippen MR) is 107 cm³/mol. The van der Waals surface area contributed by atoms with E-state index in [2.05, 4.69) is 10.3 Å². The lowest BCUT2D eigenvalue weighted by Gasteiger charge is -2.09. The summed E-state index contributed by atoms with van der Waals surface area (Å²) in [5, 5.41) is 2.53. The molecule has 0 aliphatic carbocycles. The molecule has 0 aliphatic rings. The van der Waals surface area contributed by atoms with Crippen molar-refractivity contribution in [3.05, 3.63) is 52.4 Å². The minimum Gasteiger partial charge on any atom is -0.494 e. The molecule has 8 nitrogen and oxygen atoms in total. The van der Waals surface area contributed by atoms with Gasteiger partial charge in [0.15, 0.2) is 15.6 Å². The van der Waals surface area contributed by atoms with Gasteiger partial charge in [0.25, 0.3) is 0 Å². The van der Waals surface area contributed by atoms with Crippen molar-refractivity contribution in [3.8, 4) is 11.5 Å². The zero-order chi connectivity index (χ0) is 20.6. The maximum Gasteiger partial charge on any atom is 0.239 e. The van der Waals surface area contributed by atoms with Crippen molar-refractivity contribution in [1.82, 2.24) is 4.98 Å². The third kappa shape index (κ3) is 6.73. The Morgan fingerprint density at radius 1 is 1.14 bits per heavy atom. The summed E-state index contributed by atoms with van der Waals surface area (Å²) in [5.41, 5.74) is 0.258. The van der Waals surface area contributed by atoms with Gasteiger partial charge in [0, 0.05) is 23.6 Å². The number of H-pyrrole nitrogens is 1. The van der Waals surface area contributed by atoms with Crippen LogP contribution in [0, 0.1) is 0 Å². The highest BCUT2D eigenvalue weighted by molar-refractivity contribution is 7.91. The van der Waals surface area contributed by atoms with E-state index in [4.69, 9.17) is 9.47 Å². The molecule has 0 unspecified atom stereocenters. The van der Waals surface area contributed by atoms with E-state index in [-0.39, 0.29) is 11.4 Å². The van der Waals surface area contributed by atoms with Gasteiger partial charge in [-0.1, -0.05) is 6.92 Å². The van der Waals surface area contributed by atoms with Crippen molar-refractivity contribution in [2.75, 3.05) is 24.3 Å². The summed E-state index contributed by atoms with van der Waals surface area (Å²) in [4.78, 5) is 26.7. The van der Waals surface area contributed by atoms with E-state index in [0.717, 1.165) is 6.42 Å². The van der Waals surface area contributed by atoms with Gasteiger partial charge < -0.3 is 19.8 Å². The molecule has 0 radical (unpaired) electrons. The van der Waals surface area contributed by atoms with Crippen molar-refractivity contribution < 1.29 is 22.7 Å². The second-order valence-electron chi connectivity index (χ2n) is 6.07. The van der Waals surface area contributed by atoms with Gasteiger partial charge in [-0.25, -0.2) is 8.42 Å². The number of carbonyl (C=O) groups is 1. The van der Waals surface area contributed by atoms with Crippen LogP contribution in [-0.4, -0.2) is 38.3 Å². The number of nitrogens with one attached hydrogen (secondary N) is 2. The van der Waals surface area contributed by atoms with Crippen molar-refractivity contribution in [2.45, 2.75) is 26.0 Å². The fraction of sp³-hybridized carbons (Fsp3) is 0.368. The van der Waals surface area contributed by atoms with E-state index in [1.165, 1.54) is 12.3 Å². The Morgan fingerprint density at radius 3 is 2.46 bits per heavy atom. The number of benzene rings is 1. The van der Waals surface area contributed by atoms with Crippen LogP contribution in [0.4, 0.5) is 5.69 Å². The molecule has 0 aliphatic heterocycles. The van der Waals surface area contributed by atoms with E-state index in [1.807, 2.05) is 13.8 Å². The number of pyridine rings is 1. The molecule has 1 aromatic heterocycles. The molecule has 0 spiro atoms. The molecule has 0 saturated heterocycles. The number of aromatic nitrogens is 1. The quantitative estimate of drug-likeness (QED) is 0.622. The van der Waals surface area contributed by atoms with E-state index in [1.54, 1.807) is 24.3 Å². The minimum atomic E-state index is -3.76. The normalized spacial score (nSPS) is 11.1. The van der Waals surface area contributed by atoms with Crippen LogP contribution < -0.4 is 20.2 Å². The Labute approximate surface area is 163 Å². The second-order valence-corrected chi connectivity index (χ2v) is 8.14. The number of carbonyl (C=O) groups excluding carboxylic acids is 1. The van der Waals surface area contributed by atoms with Crippen molar-refractivity contribution >= 4 is 21.4 Å². The van der Waals surface area contributed by atoms with Crippen LogP contribution >= 0.6 is 0 Å². The Hall–Kier alpha value is -2.81. The number of aromatic amines is 1. The Morgan fingerprint density at radius 2 is 1.86 bits per heavy atom. The number of rotatable bonds is 10. The first-order valence-corrected chi connectivity index (χ1v) is 10.7. The maximum absolute atomic E-state index is 12.3. The smallest absolute Gasteiger partial charge is 0.239 e. The van der Waals surface area contributed by atoms with Crippen LogP contribution in [-0.2, 0) is 20.4 Å². The molecule has 2 aromatic rings.